The second kappa shape index (κ2) is 13.6. The average molecular weight is 520 g/mol. The van der Waals surface area contributed by atoms with Crippen molar-refractivity contribution in [3.05, 3.63) is 94.8 Å². The monoisotopic (exact) mass is 519 g/mol. The molecular weight excluding hydrogens is 488 g/mol. The molecule has 3 aromatic carbocycles. The maximum absolute atomic E-state index is 14.2. The van der Waals surface area contributed by atoms with Gasteiger partial charge in [0.05, 0.1) is 12.0 Å². The normalized spacial score (nSPS) is 13.4. The molecule has 3 aromatic rings. The molecule has 3 rings (SSSR count). The lowest BCUT2D eigenvalue weighted by molar-refractivity contribution is -0.161. The van der Waals surface area contributed by atoms with E-state index < -0.39 is 5.41 Å². The summed E-state index contributed by atoms with van der Waals surface area (Å²) in [6.45, 7) is 4.66. The smallest absolute Gasteiger partial charge is 0.314 e. The average Bonchev–Trinajstić information content (AvgIpc) is 2.84. The number of hydrogen-bond donors (Lipinski definition) is 1. The van der Waals surface area contributed by atoms with Crippen molar-refractivity contribution in [2.45, 2.75) is 39.3 Å². The fourth-order valence-corrected chi connectivity index (χ4v) is 4.09. The van der Waals surface area contributed by atoms with Crippen LogP contribution in [0.25, 0.3) is 11.1 Å². The highest BCUT2D eigenvalue weighted by Gasteiger charge is 2.37. The number of halogens is 3. The van der Waals surface area contributed by atoms with E-state index in [1.54, 1.807) is 6.07 Å². The quantitative estimate of drug-likeness (QED) is 0.289. The lowest BCUT2D eigenvalue weighted by atomic mass is 9.82. The number of benzene rings is 3. The summed E-state index contributed by atoms with van der Waals surface area (Å²) >= 11 is 6.02. The van der Waals surface area contributed by atoms with E-state index in [1.165, 1.54) is 12.1 Å². The van der Waals surface area contributed by atoms with Gasteiger partial charge in [0, 0.05) is 23.2 Å². The van der Waals surface area contributed by atoms with Crippen LogP contribution in [-0.4, -0.2) is 25.2 Å². The number of rotatable bonds is 11. The van der Waals surface area contributed by atoms with Crippen LogP contribution in [0.3, 0.4) is 0 Å². The molecule has 2 atom stereocenters. The lowest BCUT2D eigenvalue weighted by Gasteiger charge is -2.30. The molecule has 0 bridgehead atoms. The standard InChI is InChI=1S/C28H31ClFNO3.ClH/c1-3-33-19-28(2,27(32)34-18-21-7-5-4-6-8-21)17-24(31)15-20-9-11-22(12-10-20)25-16-23(29)13-14-26(25)30;/h4-14,16,24H,3,15,17-19,31H2,1-2H3;1H/t24-,28+;/m1./s1. The van der Waals surface area contributed by atoms with Crippen molar-refractivity contribution in [2.75, 3.05) is 13.2 Å². The first kappa shape index (κ1) is 28.8. The molecule has 0 heterocycles. The summed E-state index contributed by atoms with van der Waals surface area (Å²) in [6, 6.07) is 21.3. The highest BCUT2D eigenvalue weighted by atomic mass is 35.5. The molecule has 0 unspecified atom stereocenters. The number of ether oxygens (including phenoxy) is 2. The van der Waals surface area contributed by atoms with Gasteiger partial charge in [-0.05, 0) is 61.6 Å². The predicted octanol–water partition coefficient (Wildman–Crippen LogP) is 6.61. The Morgan fingerprint density at radius 1 is 1.06 bits per heavy atom. The maximum Gasteiger partial charge on any atom is 0.314 e. The van der Waals surface area contributed by atoms with Gasteiger partial charge in [-0.2, -0.15) is 0 Å². The molecule has 188 valence electrons. The molecule has 0 aliphatic heterocycles. The molecule has 0 aromatic heterocycles. The minimum Gasteiger partial charge on any atom is -0.460 e. The molecule has 0 saturated carbocycles. The molecule has 0 aliphatic rings. The highest BCUT2D eigenvalue weighted by molar-refractivity contribution is 6.30. The van der Waals surface area contributed by atoms with Gasteiger partial charge in [-0.25, -0.2) is 4.39 Å². The Hall–Kier alpha value is -2.44. The fraction of sp³-hybridized carbons (Fsp3) is 0.321. The first-order chi connectivity index (χ1) is 16.3. The van der Waals surface area contributed by atoms with Gasteiger partial charge in [-0.1, -0.05) is 66.2 Å². The van der Waals surface area contributed by atoms with Crippen molar-refractivity contribution >= 4 is 30.0 Å². The molecule has 35 heavy (non-hydrogen) atoms. The third kappa shape index (κ3) is 8.32. The summed E-state index contributed by atoms with van der Waals surface area (Å²) in [5.74, 6) is -0.651. The van der Waals surface area contributed by atoms with E-state index in [-0.39, 0.29) is 43.4 Å². The molecule has 0 saturated heterocycles. The van der Waals surface area contributed by atoms with Gasteiger partial charge in [0.15, 0.2) is 0 Å². The number of carbonyl (C=O) groups is 1. The fourth-order valence-electron chi connectivity index (χ4n) is 3.92. The van der Waals surface area contributed by atoms with Crippen molar-refractivity contribution in [1.82, 2.24) is 0 Å². The molecule has 0 radical (unpaired) electrons. The number of esters is 1. The molecule has 0 spiro atoms. The van der Waals surface area contributed by atoms with Gasteiger partial charge in [0.1, 0.15) is 12.4 Å². The van der Waals surface area contributed by atoms with Crippen LogP contribution >= 0.6 is 24.0 Å². The molecule has 0 fully saturated rings. The summed E-state index contributed by atoms with van der Waals surface area (Å²) < 4.78 is 25.4. The summed E-state index contributed by atoms with van der Waals surface area (Å²) in [4.78, 5) is 13.0. The Labute approximate surface area is 218 Å². The molecule has 4 nitrogen and oxygen atoms in total. The van der Waals surface area contributed by atoms with Crippen LogP contribution in [0.15, 0.2) is 72.8 Å². The van der Waals surface area contributed by atoms with Crippen LogP contribution in [0, 0.1) is 11.2 Å². The van der Waals surface area contributed by atoms with Gasteiger partial charge >= 0.3 is 5.97 Å². The minimum absolute atomic E-state index is 0. The first-order valence-corrected chi connectivity index (χ1v) is 11.8. The van der Waals surface area contributed by atoms with Gasteiger partial charge in [-0.3, -0.25) is 4.79 Å². The summed E-state index contributed by atoms with van der Waals surface area (Å²) in [5, 5.41) is 0.482. The predicted molar refractivity (Wildman–Crippen MR) is 141 cm³/mol. The largest absolute Gasteiger partial charge is 0.460 e. The number of hydrogen-bond acceptors (Lipinski definition) is 4. The molecule has 0 amide bonds. The Bertz CT molecular complexity index is 1080. The van der Waals surface area contributed by atoms with Crippen LogP contribution in [-0.2, 0) is 27.3 Å². The third-order valence-electron chi connectivity index (χ3n) is 5.73. The van der Waals surface area contributed by atoms with Gasteiger partial charge < -0.3 is 15.2 Å². The Morgan fingerprint density at radius 3 is 2.40 bits per heavy atom. The summed E-state index contributed by atoms with van der Waals surface area (Å²) in [6.07, 6.45) is 0.970. The Kier molecular flexibility index (Phi) is 11.2. The molecule has 2 N–H and O–H groups in total. The maximum atomic E-state index is 14.2. The molecule has 7 heteroatoms. The molecule has 0 aliphatic carbocycles. The zero-order valence-corrected chi connectivity index (χ0v) is 21.6. The second-order valence-corrected chi connectivity index (χ2v) is 9.19. The first-order valence-electron chi connectivity index (χ1n) is 11.4. The summed E-state index contributed by atoms with van der Waals surface area (Å²) in [5.41, 5.74) is 8.71. The lowest BCUT2D eigenvalue weighted by Crippen LogP contribution is -2.41. The van der Waals surface area contributed by atoms with Crippen LogP contribution in [0.1, 0.15) is 31.4 Å². The van der Waals surface area contributed by atoms with Gasteiger partial charge in [0.2, 0.25) is 0 Å². The van der Waals surface area contributed by atoms with Gasteiger partial charge in [0.25, 0.3) is 0 Å². The van der Waals surface area contributed by atoms with E-state index >= 15 is 0 Å². The Morgan fingerprint density at radius 2 is 1.74 bits per heavy atom. The van der Waals surface area contributed by atoms with Gasteiger partial charge in [-0.15, -0.1) is 12.4 Å². The van der Waals surface area contributed by atoms with E-state index in [0.29, 0.717) is 30.0 Å². The van der Waals surface area contributed by atoms with Crippen molar-refractivity contribution in [3.63, 3.8) is 0 Å². The van der Waals surface area contributed by atoms with Crippen LogP contribution in [0.2, 0.25) is 5.02 Å². The van der Waals surface area contributed by atoms with E-state index in [2.05, 4.69) is 0 Å². The van der Waals surface area contributed by atoms with Crippen molar-refractivity contribution in [1.29, 1.82) is 0 Å². The summed E-state index contributed by atoms with van der Waals surface area (Å²) in [7, 11) is 0. The zero-order chi connectivity index (χ0) is 24.6. The van der Waals surface area contributed by atoms with E-state index in [4.69, 9.17) is 26.8 Å². The number of nitrogens with two attached hydrogens (primary N) is 1. The topological polar surface area (TPSA) is 61.5 Å². The highest BCUT2D eigenvalue weighted by Crippen LogP contribution is 2.29. The third-order valence-corrected chi connectivity index (χ3v) is 5.97. The van der Waals surface area contributed by atoms with E-state index in [0.717, 1.165) is 16.7 Å². The van der Waals surface area contributed by atoms with E-state index in [9.17, 15) is 9.18 Å². The Balaban J connectivity index is 0.00000432. The zero-order valence-electron chi connectivity index (χ0n) is 20.0. The van der Waals surface area contributed by atoms with Crippen molar-refractivity contribution in [3.8, 4) is 11.1 Å². The SMILES string of the molecule is CCOC[C@](C)(C[C@H](N)Cc1ccc(-c2cc(Cl)ccc2F)cc1)C(=O)OCc1ccccc1.Cl. The second-order valence-electron chi connectivity index (χ2n) is 8.75. The minimum atomic E-state index is -0.867. The van der Waals surface area contributed by atoms with Crippen molar-refractivity contribution in [2.24, 2.45) is 11.1 Å². The van der Waals surface area contributed by atoms with Crippen molar-refractivity contribution < 1.29 is 18.7 Å². The number of carbonyl (C=O) groups excluding carboxylic acids is 1. The van der Waals surface area contributed by atoms with Crippen LogP contribution in [0.4, 0.5) is 4.39 Å². The van der Waals surface area contributed by atoms with Crippen LogP contribution < -0.4 is 5.73 Å². The van der Waals surface area contributed by atoms with E-state index in [1.807, 2.05) is 68.4 Å². The molecular formula is C28H32Cl2FNO3. The van der Waals surface area contributed by atoms with Crippen LogP contribution in [0.5, 0.6) is 0 Å².